The zero-order valence-electron chi connectivity index (χ0n) is 8.99. The summed E-state index contributed by atoms with van der Waals surface area (Å²) < 4.78 is 21.4. The Morgan fingerprint density at radius 3 is 2.50 bits per heavy atom. The minimum atomic E-state index is -3.27. The predicted molar refractivity (Wildman–Crippen MR) is 57.4 cm³/mol. The molecule has 0 amide bonds. The first-order valence-electron chi connectivity index (χ1n) is 5.01. The lowest BCUT2D eigenvalue weighted by molar-refractivity contribution is 0.292. The van der Waals surface area contributed by atoms with Crippen molar-refractivity contribution in [2.24, 2.45) is 10.6 Å². The van der Waals surface area contributed by atoms with E-state index in [0.717, 1.165) is 19.6 Å². The Balaban J connectivity index is 2.22. The molecule has 0 aromatic heterocycles. The third kappa shape index (κ3) is 4.39. The lowest BCUT2D eigenvalue weighted by Gasteiger charge is -2.19. The van der Waals surface area contributed by atoms with Gasteiger partial charge in [-0.15, -0.1) is 0 Å². The zero-order valence-corrected chi connectivity index (χ0v) is 9.81. The molecule has 1 saturated heterocycles. The fourth-order valence-electron chi connectivity index (χ4n) is 1.90. The van der Waals surface area contributed by atoms with E-state index in [0.29, 0.717) is 11.8 Å². The van der Waals surface area contributed by atoms with Gasteiger partial charge in [0.15, 0.2) is 0 Å². The van der Waals surface area contributed by atoms with Gasteiger partial charge >= 0.3 is 0 Å². The summed E-state index contributed by atoms with van der Waals surface area (Å²) >= 11 is 0. The molecule has 1 rings (SSSR count). The second-order valence-corrected chi connectivity index (χ2v) is 6.64. The van der Waals surface area contributed by atoms with Crippen LogP contribution >= 0.6 is 0 Å². The molecule has 14 heavy (non-hydrogen) atoms. The number of nitrogens with two attached hydrogens (primary N) is 1. The summed E-state index contributed by atoms with van der Waals surface area (Å²) in [5, 5.41) is 4.93. The average molecular weight is 220 g/mol. The molecule has 0 bridgehead atoms. The number of likely N-dealkylation sites (tertiary alicyclic amines) is 1. The Bertz CT molecular complexity index is 285. The van der Waals surface area contributed by atoms with Crippen LogP contribution in [-0.2, 0) is 10.0 Å². The van der Waals surface area contributed by atoms with Crippen molar-refractivity contribution >= 4 is 10.0 Å². The van der Waals surface area contributed by atoms with Gasteiger partial charge in [-0.3, -0.25) is 0 Å². The molecule has 0 aromatic carbocycles. The minimum Gasteiger partial charge on any atom is -0.303 e. The van der Waals surface area contributed by atoms with E-state index in [4.69, 9.17) is 5.14 Å². The van der Waals surface area contributed by atoms with Crippen LogP contribution in [0, 0.1) is 5.41 Å². The van der Waals surface area contributed by atoms with Gasteiger partial charge in [0.25, 0.3) is 0 Å². The smallest absolute Gasteiger partial charge is 0.209 e. The van der Waals surface area contributed by atoms with E-state index in [1.807, 2.05) is 0 Å². The first-order valence-corrected chi connectivity index (χ1v) is 6.73. The molecule has 0 atom stereocenters. The molecule has 1 fully saturated rings. The fourth-order valence-corrected chi connectivity index (χ4v) is 2.44. The van der Waals surface area contributed by atoms with E-state index >= 15 is 0 Å². The van der Waals surface area contributed by atoms with E-state index in [1.54, 1.807) is 0 Å². The monoisotopic (exact) mass is 220 g/mol. The van der Waals surface area contributed by atoms with Crippen molar-refractivity contribution in [2.45, 2.75) is 26.7 Å². The van der Waals surface area contributed by atoms with Crippen LogP contribution < -0.4 is 5.14 Å². The molecule has 5 heteroatoms. The van der Waals surface area contributed by atoms with E-state index in [2.05, 4.69) is 18.7 Å². The number of sulfonamides is 1. The summed E-state index contributed by atoms with van der Waals surface area (Å²) in [7, 11) is -3.27. The summed E-state index contributed by atoms with van der Waals surface area (Å²) in [6, 6.07) is 0. The largest absolute Gasteiger partial charge is 0.303 e. The highest BCUT2D eigenvalue weighted by Gasteiger charge is 2.28. The second-order valence-electron chi connectivity index (χ2n) is 4.91. The Morgan fingerprint density at radius 2 is 2.07 bits per heavy atom. The summed E-state index contributed by atoms with van der Waals surface area (Å²) in [6.07, 6.45) is 1.84. The molecule has 0 aromatic rings. The minimum absolute atomic E-state index is 0.101. The Hall–Kier alpha value is -0.130. The molecule has 1 heterocycles. The summed E-state index contributed by atoms with van der Waals surface area (Å²) in [4.78, 5) is 2.31. The van der Waals surface area contributed by atoms with Gasteiger partial charge in [0.05, 0.1) is 5.75 Å². The van der Waals surface area contributed by atoms with Crippen molar-refractivity contribution < 1.29 is 8.42 Å². The van der Waals surface area contributed by atoms with Crippen LogP contribution in [0.25, 0.3) is 0 Å². The van der Waals surface area contributed by atoms with Crippen LogP contribution in [0.5, 0.6) is 0 Å². The van der Waals surface area contributed by atoms with Gasteiger partial charge in [0.2, 0.25) is 10.0 Å². The number of primary sulfonamides is 1. The summed E-state index contributed by atoms with van der Waals surface area (Å²) in [5.74, 6) is 0.101. The molecule has 0 aliphatic carbocycles. The summed E-state index contributed by atoms with van der Waals surface area (Å²) in [6.45, 7) is 7.48. The highest BCUT2D eigenvalue weighted by molar-refractivity contribution is 7.89. The molecular formula is C9H20N2O2S. The van der Waals surface area contributed by atoms with Gasteiger partial charge < -0.3 is 4.90 Å². The van der Waals surface area contributed by atoms with Crippen LogP contribution in [0.2, 0.25) is 0 Å². The first kappa shape index (κ1) is 11.9. The normalized spacial score (nSPS) is 22.8. The van der Waals surface area contributed by atoms with Gasteiger partial charge in [-0.05, 0) is 31.3 Å². The number of nitrogens with zero attached hydrogens (tertiary/aromatic N) is 1. The van der Waals surface area contributed by atoms with Gasteiger partial charge in [0, 0.05) is 6.54 Å². The SMILES string of the molecule is CC1(C)CCN(CCCS(N)(=O)=O)C1. The first-order chi connectivity index (χ1) is 6.29. The van der Waals surface area contributed by atoms with Crippen molar-refractivity contribution in [3.05, 3.63) is 0 Å². The van der Waals surface area contributed by atoms with Crippen molar-refractivity contribution in [1.29, 1.82) is 0 Å². The van der Waals surface area contributed by atoms with Gasteiger partial charge in [-0.25, -0.2) is 13.6 Å². The molecule has 4 nitrogen and oxygen atoms in total. The molecule has 2 N–H and O–H groups in total. The van der Waals surface area contributed by atoms with Gasteiger partial charge in [-0.1, -0.05) is 13.8 Å². The maximum atomic E-state index is 10.7. The van der Waals surface area contributed by atoms with Crippen LogP contribution in [-0.4, -0.2) is 38.7 Å². The predicted octanol–water partition coefficient (Wildman–Crippen LogP) is 0.397. The quantitative estimate of drug-likeness (QED) is 0.746. The Kier molecular flexibility index (Phi) is 3.55. The maximum Gasteiger partial charge on any atom is 0.209 e. The molecule has 1 aliphatic heterocycles. The molecule has 0 radical (unpaired) electrons. The van der Waals surface area contributed by atoms with Crippen LogP contribution in [0.1, 0.15) is 26.7 Å². The van der Waals surface area contributed by atoms with Crippen LogP contribution in [0.15, 0.2) is 0 Å². The zero-order chi connectivity index (χ0) is 10.8. The van der Waals surface area contributed by atoms with Crippen molar-refractivity contribution in [2.75, 3.05) is 25.4 Å². The van der Waals surface area contributed by atoms with E-state index in [1.165, 1.54) is 6.42 Å². The van der Waals surface area contributed by atoms with Crippen molar-refractivity contribution in [3.63, 3.8) is 0 Å². The van der Waals surface area contributed by atoms with Crippen molar-refractivity contribution in [1.82, 2.24) is 4.90 Å². The van der Waals surface area contributed by atoms with Crippen LogP contribution in [0.4, 0.5) is 0 Å². The lowest BCUT2D eigenvalue weighted by atomic mass is 9.93. The fraction of sp³-hybridized carbons (Fsp3) is 1.00. The molecule has 0 unspecified atom stereocenters. The molecule has 1 aliphatic rings. The Labute approximate surface area is 86.5 Å². The number of hydrogen-bond donors (Lipinski definition) is 1. The van der Waals surface area contributed by atoms with Gasteiger partial charge in [0.1, 0.15) is 0 Å². The van der Waals surface area contributed by atoms with E-state index in [-0.39, 0.29) is 5.75 Å². The third-order valence-corrected chi connectivity index (χ3v) is 3.52. The third-order valence-electron chi connectivity index (χ3n) is 2.66. The van der Waals surface area contributed by atoms with E-state index < -0.39 is 10.0 Å². The van der Waals surface area contributed by atoms with Gasteiger partial charge in [-0.2, -0.15) is 0 Å². The topological polar surface area (TPSA) is 63.4 Å². The highest BCUT2D eigenvalue weighted by atomic mass is 32.2. The lowest BCUT2D eigenvalue weighted by Crippen LogP contribution is -2.27. The molecule has 84 valence electrons. The van der Waals surface area contributed by atoms with E-state index in [9.17, 15) is 8.42 Å². The van der Waals surface area contributed by atoms with Crippen molar-refractivity contribution in [3.8, 4) is 0 Å². The standard InChI is InChI=1S/C9H20N2O2S/c1-9(2)4-6-11(8-9)5-3-7-14(10,12)13/h3-8H2,1-2H3,(H2,10,12,13). The second kappa shape index (κ2) is 4.16. The average Bonchev–Trinajstić information content (AvgIpc) is 2.27. The molecule has 0 spiro atoms. The Morgan fingerprint density at radius 1 is 1.43 bits per heavy atom. The highest BCUT2D eigenvalue weighted by Crippen LogP contribution is 2.28. The van der Waals surface area contributed by atoms with Crippen LogP contribution in [0.3, 0.4) is 0 Å². The maximum absolute atomic E-state index is 10.7. The summed E-state index contributed by atoms with van der Waals surface area (Å²) in [5.41, 5.74) is 0.390. The number of rotatable bonds is 4. The molecule has 0 saturated carbocycles. The number of hydrogen-bond acceptors (Lipinski definition) is 3. The molecular weight excluding hydrogens is 200 g/mol.